The Labute approximate surface area is 166 Å². The van der Waals surface area contributed by atoms with Crippen molar-refractivity contribution in [3.05, 3.63) is 23.8 Å². The maximum Gasteiger partial charge on any atom is 0.224 e. The molecular formula is C21H28N4O3. The lowest BCUT2D eigenvalue weighted by molar-refractivity contribution is -0.172. The van der Waals surface area contributed by atoms with Crippen molar-refractivity contribution in [2.45, 2.75) is 63.5 Å². The molecule has 1 saturated carbocycles. The van der Waals surface area contributed by atoms with Gasteiger partial charge in [0.2, 0.25) is 11.8 Å². The van der Waals surface area contributed by atoms with E-state index in [4.69, 9.17) is 11.2 Å². The molecule has 1 saturated heterocycles. The first-order chi connectivity index (χ1) is 13.5. The maximum absolute atomic E-state index is 12.6. The van der Waals surface area contributed by atoms with E-state index in [1.807, 2.05) is 11.8 Å². The molecule has 1 spiro atoms. The van der Waals surface area contributed by atoms with E-state index in [2.05, 4.69) is 21.2 Å². The number of nitrogens with one attached hydrogen (secondary N) is 1. The summed E-state index contributed by atoms with van der Waals surface area (Å²) in [7, 11) is 0. The monoisotopic (exact) mass is 384 g/mol. The normalized spacial score (nSPS) is 20.3. The number of morpholine rings is 1. The molecule has 28 heavy (non-hydrogen) atoms. The second-order valence-corrected chi connectivity index (χ2v) is 7.68. The Bertz CT molecular complexity index is 754. The van der Waals surface area contributed by atoms with Crippen LogP contribution in [-0.2, 0) is 20.7 Å². The van der Waals surface area contributed by atoms with Gasteiger partial charge in [0.25, 0.3) is 0 Å². The first-order valence-corrected chi connectivity index (χ1v) is 9.92. The van der Waals surface area contributed by atoms with E-state index in [1.165, 1.54) is 0 Å². The minimum Gasteiger partial charge on any atom is -0.373 e. The average Bonchev–Trinajstić information content (AvgIpc) is 2.65. The van der Waals surface area contributed by atoms with Gasteiger partial charge in [-0.3, -0.25) is 19.6 Å². The summed E-state index contributed by atoms with van der Waals surface area (Å²) in [6.07, 6.45) is 13.1. The van der Waals surface area contributed by atoms with Crippen molar-refractivity contribution in [1.82, 2.24) is 20.2 Å². The smallest absolute Gasteiger partial charge is 0.224 e. The zero-order valence-electron chi connectivity index (χ0n) is 16.4. The first-order valence-electron chi connectivity index (χ1n) is 9.92. The molecular weight excluding hydrogens is 356 g/mol. The largest absolute Gasteiger partial charge is 0.373 e. The molecule has 2 fully saturated rings. The van der Waals surface area contributed by atoms with E-state index >= 15 is 0 Å². The lowest BCUT2D eigenvalue weighted by atomic mass is 9.74. The van der Waals surface area contributed by atoms with Crippen molar-refractivity contribution in [3.63, 3.8) is 0 Å². The summed E-state index contributed by atoms with van der Waals surface area (Å²) in [5, 5.41) is 2.91. The van der Waals surface area contributed by atoms with Crippen molar-refractivity contribution in [2.24, 2.45) is 0 Å². The minimum absolute atomic E-state index is 0.0735. The third-order valence-corrected chi connectivity index (χ3v) is 5.54. The molecule has 0 aromatic carbocycles. The number of aromatic nitrogens is 2. The summed E-state index contributed by atoms with van der Waals surface area (Å²) < 4.78 is 5.95. The fourth-order valence-corrected chi connectivity index (χ4v) is 3.85. The molecule has 1 aliphatic carbocycles. The molecule has 1 aromatic heterocycles. The molecule has 2 heterocycles. The van der Waals surface area contributed by atoms with Crippen molar-refractivity contribution in [1.29, 1.82) is 0 Å². The van der Waals surface area contributed by atoms with Gasteiger partial charge in [-0.1, -0.05) is 0 Å². The molecule has 7 heteroatoms. The Morgan fingerprint density at radius 1 is 1.43 bits per heavy atom. The minimum atomic E-state index is -0.278. The SMILES string of the molecule is C#CCCC(=O)N1CC(CC(=O)NCCc2cncc(C)n2)OCC12CCC2. The summed E-state index contributed by atoms with van der Waals surface area (Å²) in [6, 6.07) is 0. The molecule has 1 aliphatic heterocycles. The number of nitrogens with zero attached hydrogens (tertiary/aromatic N) is 3. The highest BCUT2D eigenvalue weighted by Crippen LogP contribution is 2.41. The molecule has 2 aliphatic rings. The number of carbonyl (C=O) groups excluding carboxylic acids is 2. The second-order valence-electron chi connectivity index (χ2n) is 7.68. The number of terminal acetylenes is 1. The van der Waals surface area contributed by atoms with Gasteiger partial charge in [-0.15, -0.1) is 12.3 Å². The summed E-state index contributed by atoms with van der Waals surface area (Å²) in [4.78, 5) is 35.3. The standard InChI is InChI=1S/C21H28N4O3/c1-3-4-6-20(27)25-14-18(28-15-21(25)8-5-9-21)11-19(26)23-10-7-17-13-22-12-16(2)24-17/h1,12-13,18H,4-11,14-15H2,2H3,(H,23,26). The first kappa shape index (κ1) is 20.3. The topological polar surface area (TPSA) is 84.4 Å². The lowest BCUT2D eigenvalue weighted by Gasteiger charge is -2.54. The van der Waals surface area contributed by atoms with Gasteiger partial charge in [-0.2, -0.15) is 0 Å². The number of carbonyl (C=O) groups is 2. The number of hydrogen-bond donors (Lipinski definition) is 1. The molecule has 3 rings (SSSR count). The highest BCUT2D eigenvalue weighted by Gasteiger charge is 2.48. The maximum atomic E-state index is 12.6. The van der Waals surface area contributed by atoms with Crippen LogP contribution in [0.5, 0.6) is 0 Å². The van der Waals surface area contributed by atoms with Crippen LogP contribution >= 0.6 is 0 Å². The van der Waals surface area contributed by atoms with Crippen LogP contribution in [0.3, 0.4) is 0 Å². The highest BCUT2D eigenvalue weighted by molar-refractivity contribution is 5.79. The van der Waals surface area contributed by atoms with E-state index < -0.39 is 0 Å². The molecule has 1 atom stereocenters. The van der Waals surface area contributed by atoms with Crippen LogP contribution in [0.2, 0.25) is 0 Å². The molecule has 1 aromatic rings. The zero-order chi connectivity index (χ0) is 20.0. The quantitative estimate of drug-likeness (QED) is 0.719. The van der Waals surface area contributed by atoms with Gasteiger partial charge in [-0.05, 0) is 26.2 Å². The molecule has 150 valence electrons. The van der Waals surface area contributed by atoms with Crippen molar-refractivity contribution >= 4 is 11.8 Å². The van der Waals surface area contributed by atoms with Gasteiger partial charge in [0, 0.05) is 44.7 Å². The fourth-order valence-electron chi connectivity index (χ4n) is 3.85. The number of rotatable bonds is 7. The summed E-state index contributed by atoms with van der Waals surface area (Å²) in [5.41, 5.74) is 1.54. The Hall–Kier alpha value is -2.46. The molecule has 0 radical (unpaired) electrons. The Morgan fingerprint density at radius 3 is 2.93 bits per heavy atom. The summed E-state index contributed by atoms with van der Waals surface area (Å²) in [5.74, 6) is 2.53. The van der Waals surface area contributed by atoms with Crippen LogP contribution < -0.4 is 5.32 Å². The van der Waals surface area contributed by atoms with Gasteiger partial charge in [-0.25, -0.2) is 0 Å². The molecule has 2 amide bonds. The third-order valence-electron chi connectivity index (χ3n) is 5.54. The van der Waals surface area contributed by atoms with E-state index in [1.54, 1.807) is 12.4 Å². The second kappa shape index (κ2) is 9.16. The van der Waals surface area contributed by atoms with E-state index in [0.29, 0.717) is 39.0 Å². The number of aryl methyl sites for hydroxylation is 1. The van der Waals surface area contributed by atoms with Crippen LogP contribution in [0.25, 0.3) is 0 Å². The van der Waals surface area contributed by atoms with E-state index in [-0.39, 0.29) is 29.9 Å². The van der Waals surface area contributed by atoms with Gasteiger partial charge in [0.15, 0.2) is 0 Å². The van der Waals surface area contributed by atoms with Gasteiger partial charge in [0.1, 0.15) is 0 Å². The number of hydrogen-bond acceptors (Lipinski definition) is 5. The Morgan fingerprint density at radius 2 is 2.25 bits per heavy atom. The van der Waals surface area contributed by atoms with Crippen molar-refractivity contribution < 1.29 is 14.3 Å². The molecule has 1 unspecified atom stereocenters. The average molecular weight is 384 g/mol. The van der Waals surface area contributed by atoms with Crippen LogP contribution in [0.4, 0.5) is 0 Å². The molecule has 0 bridgehead atoms. The van der Waals surface area contributed by atoms with Gasteiger partial charge in [0.05, 0.1) is 36.1 Å². The van der Waals surface area contributed by atoms with Crippen LogP contribution in [-0.4, -0.2) is 58.0 Å². The predicted octanol–water partition coefficient (Wildman–Crippen LogP) is 1.40. The molecule has 7 nitrogen and oxygen atoms in total. The Kier molecular flexibility index (Phi) is 6.63. The highest BCUT2D eigenvalue weighted by atomic mass is 16.5. The number of amides is 2. The van der Waals surface area contributed by atoms with Crippen LogP contribution in [0.15, 0.2) is 12.4 Å². The Balaban J connectivity index is 1.47. The predicted molar refractivity (Wildman–Crippen MR) is 104 cm³/mol. The summed E-state index contributed by atoms with van der Waals surface area (Å²) >= 11 is 0. The number of ether oxygens (including phenoxy) is 1. The van der Waals surface area contributed by atoms with Crippen molar-refractivity contribution in [2.75, 3.05) is 19.7 Å². The molecule has 1 N–H and O–H groups in total. The third kappa shape index (κ3) is 4.87. The van der Waals surface area contributed by atoms with Crippen molar-refractivity contribution in [3.8, 4) is 12.3 Å². The van der Waals surface area contributed by atoms with Crippen LogP contribution in [0, 0.1) is 19.3 Å². The van der Waals surface area contributed by atoms with Gasteiger partial charge >= 0.3 is 0 Å². The van der Waals surface area contributed by atoms with Gasteiger partial charge < -0.3 is 15.0 Å². The van der Waals surface area contributed by atoms with Crippen LogP contribution in [0.1, 0.15) is 49.9 Å². The van der Waals surface area contributed by atoms with E-state index in [0.717, 1.165) is 30.7 Å². The van der Waals surface area contributed by atoms with E-state index in [9.17, 15) is 9.59 Å². The lowest BCUT2D eigenvalue weighted by Crippen LogP contribution is -2.65. The summed E-state index contributed by atoms with van der Waals surface area (Å²) in [6.45, 7) is 3.35. The fraction of sp³-hybridized carbons (Fsp3) is 0.619. The zero-order valence-corrected chi connectivity index (χ0v) is 16.4.